The van der Waals surface area contributed by atoms with E-state index in [4.69, 9.17) is 4.74 Å². The van der Waals surface area contributed by atoms with E-state index in [9.17, 15) is 4.79 Å². The van der Waals surface area contributed by atoms with Gasteiger partial charge in [-0.2, -0.15) is 0 Å². The molecule has 2 aromatic rings. The molecule has 2 atom stereocenters. The normalized spacial score (nSPS) is 23.3. The van der Waals surface area contributed by atoms with Gasteiger partial charge in [0.15, 0.2) is 5.78 Å². The maximum absolute atomic E-state index is 13.1. The van der Waals surface area contributed by atoms with E-state index < -0.39 is 0 Å². The minimum Gasteiger partial charge on any atom is -0.483 e. The van der Waals surface area contributed by atoms with Gasteiger partial charge in [-0.05, 0) is 30.5 Å². The molecule has 25 heavy (non-hydrogen) atoms. The monoisotopic (exact) mass is 357 g/mol. The van der Waals surface area contributed by atoms with Crippen LogP contribution in [0.4, 0.5) is 0 Å². The van der Waals surface area contributed by atoms with Gasteiger partial charge in [-0.15, -0.1) is 12.4 Å². The van der Waals surface area contributed by atoms with Crippen molar-refractivity contribution in [3.8, 4) is 5.75 Å². The van der Waals surface area contributed by atoms with Crippen LogP contribution < -0.4 is 10.1 Å². The van der Waals surface area contributed by atoms with Crippen molar-refractivity contribution in [3.05, 3.63) is 65.7 Å². The van der Waals surface area contributed by atoms with E-state index >= 15 is 0 Å². The van der Waals surface area contributed by atoms with Gasteiger partial charge < -0.3 is 10.1 Å². The second kappa shape index (κ2) is 8.03. The zero-order valence-corrected chi connectivity index (χ0v) is 15.0. The Labute approximate surface area is 155 Å². The summed E-state index contributed by atoms with van der Waals surface area (Å²) >= 11 is 0. The molecule has 132 valence electrons. The number of carbonyl (C=O) groups is 1. The van der Waals surface area contributed by atoms with Gasteiger partial charge in [0.2, 0.25) is 0 Å². The number of halogens is 1. The summed E-state index contributed by atoms with van der Waals surface area (Å²) in [7, 11) is 0. The number of Topliss-reactive ketones (excluding diaryl/α,β-unsaturated/α-hetero) is 1. The summed E-state index contributed by atoms with van der Waals surface area (Å²) in [5.74, 6) is 0.842. The van der Waals surface area contributed by atoms with Crippen LogP contribution in [0.5, 0.6) is 5.75 Å². The van der Waals surface area contributed by atoms with E-state index in [1.54, 1.807) is 0 Å². The quantitative estimate of drug-likeness (QED) is 0.864. The molecule has 0 bridgehead atoms. The Bertz CT molecular complexity index is 713. The van der Waals surface area contributed by atoms with Crippen molar-refractivity contribution in [2.24, 2.45) is 0 Å². The Morgan fingerprint density at radius 2 is 1.56 bits per heavy atom. The van der Waals surface area contributed by atoms with Gasteiger partial charge >= 0.3 is 0 Å². The third-order valence-corrected chi connectivity index (χ3v) is 5.14. The second-order valence-electron chi connectivity index (χ2n) is 6.79. The topological polar surface area (TPSA) is 38.3 Å². The number of carbonyl (C=O) groups excluding carboxylic acids is 1. The van der Waals surface area contributed by atoms with Gasteiger partial charge in [0.1, 0.15) is 17.9 Å². The van der Waals surface area contributed by atoms with Crippen LogP contribution in [0.15, 0.2) is 54.6 Å². The van der Waals surface area contributed by atoms with E-state index in [0.717, 1.165) is 18.4 Å². The number of ketones is 1. The molecule has 1 fully saturated rings. The van der Waals surface area contributed by atoms with E-state index in [1.807, 2.05) is 54.6 Å². The molecule has 2 aliphatic rings. The highest BCUT2D eigenvalue weighted by Crippen LogP contribution is 2.35. The third-order valence-electron chi connectivity index (χ3n) is 5.14. The molecule has 3 nitrogen and oxygen atoms in total. The maximum atomic E-state index is 13.1. The minimum absolute atomic E-state index is 0. The van der Waals surface area contributed by atoms with Crippen molar-refractivity contribution in [1.29, 1.82) is 0 Å². The fourth-order valence-corrected chi connectivity index (χ4v) is 3.87. The summed E-state index contributed by atoms with van der Waals surface area (Å²) in [4.78, 5) is 13.1. The lowest BCUT2D eigenvalue weighted by molar-refractivity contribution is 0.0702. The average Bonchev–Trinajstić information content (AvgIpc) is 2.65. The lowest BCUT2D eigenvalue weighted by Crippen LogP contribution is -2.51. The SMILES string of the molecule is Cl.O=C1c2ccccc2OC(c2ccccc2)C1NC1CCCCC1. The Hall–Kier alpha value is -1.84. The predicted molar refractivity (Wildman–Crippen MR) is 102 cm³/mol. The molecule has 1 saturated carbocycles. The Morgan fingerprint density at radius 1 is 0.880 bits per heavy atom. The van der Waals surface area contributed by atoms with E-state index in [1.165, 1.54) is 19.3 Å². The second-order valence-corrected chi connectivity index (χ2v) is 6.79. The van der Waals surface area contributed by atoms with Gasteiger partial charge in [-0.25, -0.2) is 0 Å². The third kappa shape index (κ3) is 3.73. The van der Waals surface area contributed by atoms with Crippen LogP contribution >= 0.6 is 12.4 Å². The highest BCUT2D eigenvalue weighted by atomic mass is 35.5. The summed E-state index contributed by atoms with van der Waals surface area (Å²) in [5.41, 5.74) is 1.74. The molecular weight excluding hydrogens is 334 g/mol. The van der Waals surface area contributed by atoms with Crippen molar-refractivity contribution in [2.45, 2.75) is 50.3 Å². The van der Waals surface area contributed by atoms with Crippen LogP contribution in [0.1, 0.15) is 54.1 Å². The van der Waals surface area contributed by atoms with Crippen molar-refractivity contribution >= 4 is 18.2 Å². The number of para-hydroxylation sites is 1. The molecule has 1 aliphatic carbocycles. The minimum atomic E-state index is -0.314. The number of hydrogen-bond donors (Lipinski definition) is 1. The lowest BCUT2D eigenvalue weighted by atomic mass is 9.88. The molecule has 2 aromatic carbocycles. The Balaban J connectivity index is 0.00000182. The molecule has 1 aliphatic heterocycles. The number of ether oxygens (including phenoxy) is 1. The van der Waals surface area contributed by atoms with E-state index in [2.05, 4.69) is 5.32 Å². The van der Waals surface area contributed by atoms with Crippen LogP contribution in [0.2, 0.25) is 0 Å². The zero-order valence-electron chi connectivity index (χ0n) is 14.2. The van der Waals surface area contributed by atoms with Crippen LogP contribution in [0.3, 0.4) is 0 Å². The first kappa shape index (κ1) is 18.0. The van der Waals surface area contributed by atoms with Gasteiger partial charge in [0.05, 0.1) is 5.56 Å². The van der Waals surface area contributed by atoms with Gasteiger partial charge in [-0.1, -0.05) is 61.7 Å². The molecular formula is C21H24ClNO2. The largest absolute Gasteiger partial charge is 0.483 e. The number of hydrogen-bond acceptors (Lipinski definition) is 3. The predicted octanol–water partition coefficient (Wildman–Crippen LogP) is 4.72. The first-order chi connectivity index (χ1) is 11.8. The van der Waals surface area contributed by atoms with Gasteiger partial charge in [0, 0.05) is 6.04 Å². The summed E-state index contributed by atoms with van der Waals surface area (Å²) in [6.45, 7) is 0. The van der Waals surface area contributed by atoms with E-state index in [-0.39, 0.29) is 30.3 Å². The number of nitrogens with one attached hydrogen (secondary N) is 1. The van der Waals surface area contributed by atoms with Gasteiger partial charge in [-0.3, -0.25) is 4.79 Å². The summed E-state index contributed by atoms with van der Waals surface area (Å²) in [6, 6.07) is 17.8. The lowest BCUT2D eigenvalue weighted by Gasteiger charge is -2.36. The molecule has 1 N–H and O–H groups in total. The van der Waals surface area contributed by atoms with Crippen molar-refractivity contribution in [1.82, 2.24) is 5.32 Å². The van der Waals surface area contributed by atoms with Crippen LogP contribution in [-0.4, -0.2) is 17.9 Å². The van der Waals surface area contributed by atoms with Crippen molar-refractivity contribution in [3.63, 3.8) is 0 Å². The molecule has 0 amide bonds. The Kier molecular flexibility index (Phi) is 5.77. The number of benzene rings is 2. The summed E-state index contributed by atoms with van der Waals surface area (Å²) in [6.07, 6.45) is 5.81. The molecule has 2 unspecified atom stereocenters. The fraction of sp³-hybridized carbons (Fsp3) is 0.381. The molecule has 0 radical (unpaired) electrons. The van der Waals surface area contributed by atoms with Crippen molar-refractivity contribution < 1.29 is 9.53 Å². The number of fused-ring (bicyclic) bond motifs is 1. The molecule has 1 heterocycles. The molecule has 0 spiro atoms. The smallest absolute Gasteiger partial charge is 0.187 e. The van der Waals surface area contributed by atoms with Gasteiger partial charge in [0.25, 0.3) is 0 Å². The van der Waals surface area contributed by atoms with Crippen LogP contribution in [0, 0.1) is 0 Å². The highest BCUT2D eigenvalue weighted by Gasteiger charge is 2.39. The van der Waals surface area contributed by atoms with Crippen LogP contribution in [0.25, 0.3) is 0 Å². The first-order valence-corrected chi connectivity index (χ1v) is 8.94. The standard InChI is InChI=1S/C21H23NO2.ClH/c23-20-17-13-7-8-14-18(17)24-21(15-9-3-1-4-10-15)19(20)22-16-11-5-2-6-12-16;/h1,3-4,7-10,13-14,16,19,21-22H,2,5-6,11-12H2;1H. The summed E-state index contributed by atoms with van der Waals surface area (Å²) in [5, 5.41) is 3.62. The molecule has 4 rings (SSSR count). The fourth-order valence-electron chi connectivity index (χ4n) is 3.87. The summed E-state index contributed by atoms with van der Waals surface area (Å²) < 4.78 is 6.26. The van der Waals surface area contributed by atoms with Crippen molar-refractivity contribution in [2.75, 3.05) is 0 Å². The molecule has 4 heteroatoms. The molecule has 0 aromatic heterocycles. The molecule has 0 saturated heterocycles. The highest BCUT2D eigenvalue weighted by molar-refractivity contribution is 6.04. The number of rotatable bonds is 3. The van der Waals surface area contributed by atoms with E-state index in [0.29, 0.717) is 17.4 Å². The first-order valence-electron chi connectivity index (χ1n) is 8.94. The Morgan fingerprint density at radius 3 is 2.32 bits per heavy atom. The maximum Gasteiger partial charge on any atom is 0.187 e. The average molecular weight is 358 g/mol. The van der Waals surface area contributed by atoms with Crippen LogP contribution in [-0.2, 0) is 0 Å². The zero-order chi connectivity index (χ0) is 16.4.